The zero-order valence-electron chi connectivity index (χ0n) is 10.3. The summed E-state index contributed by atoms with van der Waals surface area (Å²) < 4.78 is 0. The van der Waals surface area contributed by atoms with E-state index in [-0.39, 0.29) is 14.9 Å². The van der Waals surface area contributed by atoms with Crippen LogP contribution in [0.15, 0.2) is 24.3 Å². The van der Waals surface area contributed by atoms with Crippen LogP contribution >= 0.6 is 0 Å². The average molecular weight is 224 g/mol. The van der Waals surface area contributed by atoms with Crippen LogP contribution in [0.5, 0.6) is 0 Å². The van der Waals surface area contributed by atoms with Gasteiger partial charge in [-0.1, -0.05) is 78.8 Å². The second-order valence-electron chi connectivity index (χ2n) is 3.60. The van der Waals surface area contributed by atoms with Crippen LogP contribution < -0.4 is 0 Å². The van der Waals surface area contributed by atoms with Crippen LogP contribution in [0.3, 0.4) is 0 Å². The van der Waals surface area contributed by atoms with Gasteiger partial charge in [0.05, 0.1) is 0 Å². The van der Waals surface area contributed by atoms with E-state index in [9.17, 15) is 0 Å². The average Bonchev–Trinajstić information content (AvgIpc) is 2.21. The lowest BCUT2D eigenvalue weighted by Crippen LogP contribution is -1.92. The van der Waals surface area contributed by atoms with Crippen molar-refractivity contribution in [1.29, 1.82) is 0 Å². The summed E-state index contributed by atoms with van der Waals surface area (Å²) in [5.41, 5.74) is 2.85. The minimum absolute atomic E-state index is 0. The van der Waals surface area contributed by atoms with Gasteiger partial charge in [-0.2, -0.15) is 0 Å². The van der Waals surface area contributed by atoms with Gasteiger partial charge in [-0.3, -0.25) is 0 Å². The van der Waals surface area contributed by atoms with Crippen molar-refractivity contribution in [3.63, 3.8) is 0 Å². The first-order valence-corrected chi connectivity index (χ1v) is 5.80. The quantitative estimate of drug-likeness (QED) is 0.573. The summed E-state index contributed by atoms with van der Waals surface area (Å²) in [6, 6.07) is 8.83. The molecule has 0 bridgehead atoms. The molecule has 0 aliphatic rings. The molecule has 1 aromatic carbocycles. The predicted octanol–water partition coefficient (Wildman–Crippen LogP) is 6.20. The minimum Gasteiger partial charge on any atom is -0.0776 e. The zero-order chi connectivity index (χ0) is 11.0. The molecule has 0 fully saturated rings. The highest BCUT2D eigenvalue weighted by Gasteiger charge is 2.02. The fourth-order valence-electron chi connectivity index (χ4n) is 1.58. The number of rotatable bonds is 3. The van der Waals surface area contributed by atoms with Gasteiger partial charge in [0.1, 0.15) is 0 Å². The molecule has 0 heterocycles. The second-order valence-corrected chi connectivity index (χ2v) is 3.60. The summed E-state index contributed by atoms with van der Waals surface area (Å²) >= 11 is 0. The van der Waals surface area contributed by atoms with Gasteiger partial charge in [-0.15, -0.1) is 0 Å². The summed E-state index contributed by atoms with van der Waals surface area (Å²) in [7, 11) is 0. The van der Waals surface area contributed by atoms with Crippen molar-refractivity contribution >= 4 is 0 Å². The molecule has 0 amide bonds. The topological polar surface area (TPSA) is 0 Å². The maximum Gasteiger partial charge on any atom is -0.0190 e. The van der Waals surface area contributed by atoms with Crippen molar-refractivity contribution in [2.45, 2.75) is 68.2 Å². The second kappa shape index (κ2) is 12.3. The van der Waals surface area contributed by atoms with Gasteiger partial charge in [0.15, 0.2) is 0 Å². The third-order valence-corrected chi connectivity index (χ3v) is 2.33. The first kappa shape index (κ1) is 20.6. The van der Waals surface area contributed by atoms with Crippen molar-refractivity contribution in [3.8, 4) is 0 Å². The predicted molar refractivity (Wildman–Crippen MR) is 79.3 cm³/mol. The zero-order valence-corrected chi connectivity index (χ0v) is 10.3. The van der Waals surface area contributed by atoms with E-state index < -0.39 is 0 Å². The Balaban J connectivity index is -0.000000399. The maximum atomic E-state index is 2.30. The Bertz CT molecular complexity index is 238. The van der Waals surface area contributed by atoms with Crippen molar-refractivity contribution < 1.29 is 0 Å². The van der Waals surface area contributed by atoms with Gasteiger partial charge in [0, 0.05) is 0 Å². The van der Waals surface area contributed by atoms with Crippen molar-refractivity contribution in [1.82, 2.24) is 0 Å². The van der Waals surface area contributed by atoms with Gasteiger partial charge in [-0.05, 0) is 24.8 Å². The van der Waals surface area contributed by atoms with Gasteiger partial charge in [0.2, 0.25) is 0 Å². The summed E-state index contributed by atoms with van der Waals surface area (Å²) in [5.74, 6) is 0.717. The van der Waals surface area contributed by atoms with Crippen molar-refractivity contribution in [2.24, 2.45) is 0 Å². The molecular formula is C16H32. The fraction of sp³-hybridized carbons (Fsp3) is 0.625. The Kier molecular flexibility index (Phi) is 15.8. The molecule has 0 radical (unpaired) electrons. The molecule has 0 aliphatic carbocycles. The summed E-state index contributed by atoms with van der Waals surface area (Å²) in [6.07, 6.45) is 2.57. The normalized spacial score (nSPS) is 10.1. The van der Waals surface area contributed by atoms with E-state index in [1.165, 1.54) is 24.0 Å². The molecule has 96 valence electrons. The first-order valence-electron chi connectivity index (χ1n) is 5.80. The molecule has 0 aromatic heterocycles. The number of benzene rings is 1. The lowest BCUT2D eigenvalue weighted by molar-refractivity contribution is 0.664. The Morgan fingerprint density at radius 2 is 1.69 bits per heavy atom. The van der Waals surface area contributed by atoms with Crippen LogP contribution in [0.4, 0.5) is 0 Å². The lowest BCUT2D eigenvalue weighted by atomic mass is 9.95. The molecular weight excluding hydrogens is 192 g/mol. The molecule has 1 rings (SSSR count). The largest absolute Gasteiger partial charge is 0.0776 e. The highest BCUT2D eigenvalue weighted by atomic mass is 14.1. The molecule has 0 saturated carbocycles. The molecule has 0 spiro atoms. The molecule has 0 N–H and O–H groups in total. The van der Waals surface area contributed by atoms with E-state index in [1.807, 2.05) is 13.8 Å². The molecule has 0 saturated heterocycles. The third kappa shape index (κ3) is 7.50. The van der Waals surface area contributed by atoms with Crippen LogP contribution in [-0.2, 0) is 0 Å². The Hall–Kier alpha value is -0.780. The van der Waals surface area contributed by atoms with E-state index in [1.54, 1.807) is 0 Å². The summed E-state index contributed by atoms with van der Waals surface area (Å²) in [6.45, 7) is 10.7. The van der Waals surface area contributed by atoms with Crippen LogP contribution in [0.2, 0.25) is 0 Å². The van der Waals surface area contributed by atoms with E-state index >= 15 is 0 Å². The summed E-state index contributed by atoms with van der Waals surface area (Å²) in [5, 5.41) is 0. The molecule has 0 nitrogen and oxygen atoms in total. The molecule has 1 atom stereocenters. The summed E-state index contributed by atoms with van der Waals surface area (Å²) in [4.78, 5) is 0. The van der Waals surface area contributed by atoms with Crippen LogP contribution in [0.25, 0.3) is 0 Å². The Morgan fingerprint density at radius 3 is 2.12 bits per heavy atom. The van der Waals surface area contributed by atoms with Crippen LogP contribution in [0, 0.1) is 6.92 Å². The monoisotopic (exact) mass is 224 g/mol. The van der Waals surface area contributed by atoms with E-state index in [0.29, 0.717) is 0 Å². The van der Waals surface area contributed by atoms with Gasteiger partial charge >= 0.3 is 0 Å². The van der Waals surface area contributed by atoms with E-state index in [0.717, 1.165) is 5.92 Å². The van der Waals surface area contributed by atoms with Gasteiger partial charge in [0.25, 0.3) is 0 Å². The minimum atomic E-state index is 0. The SMILES string of the molecule is C.C.CC.CCCC(C)c1cccc(C)c1. The fourth-order valence-corrected chi connectivity index (χ4v) is 1.58. The number of aryl methyl sites for hydroxylation is 1. The third-order valence-electron chi connectivity index (χ3n) is 2.33. The lowest BCUT2D eigenvalue weighted by Gasteiger charge is -2.10. The van der Waals surface area contributed by atoms with E-state index in [4.69, 9.17) is 0 Å². The molecule has 1 aromatic rings. The number of hydrogen-bond donors (Lipinski definition) is 0. The number of hydrogen-bond acceptors (Lipinski definition) is 0. The van der Waals surface area contributed by atoms with Crippen molar-refractivity contribution in [2.75, 3.05) is 0 Å². The highest BCUT2D eigenvalue weighted by molar-refractivity contribution is 5.24. The molecule has 0 heteroatoms. The van der Waals surface area contributed by atoms with Crippen molar-refractivity contribution in [3.05, 3.63) is 35.4 Å². The van der Waals surface area contributed by atoms with E-state index in [2.05, 4.69) is 45.0 Å². The molecule has 16 heavy (non-hydrogen) atoms. The van der Waals surface area contributed by atoms with Gasteiger partial charge < -0.3 is 0 Å². The Morgan fingerprint density at radius 1 is 1.12 bits per heavy atom. The standard InChI is InChI=1S/C12H18.C2H6.2CH4/c1-4-6-11(3)12-8-5-7-10(2)9-12;1-2;;/h5,7-9,11H,4,6H2,1-3H3;1-2H3;2*1H4. The maximum absolute atomic E-state index is 2.30. The Labute approximate surface area is 104 Å². The van der Waals surface area contributed by atoms with Crippen LogP contribution in [-0.4, -0.2) is 0 Å². The smallest absolute Gasteiger partial charge is 0.0190 e. The first-order chi connectivity index (χ1) is 6.74. The van der Waals surface area contributed by atoms with Crippen LogP contribution in [0.1, 0.15) is 72.4 Å². The molecule has 0 aliphatic heterocycles. The van der Waals surface area contributed by atoms with Gasteiger partial charge in [-0.25, -0.2) is 0 Å². The molecule has 1 unspecified atom stereocenters. The highest BCUT2D eigenvalue weighted by Crippen LogP contribution is 2.20.